The van der Waals surface area contributed by atoms with Gasteiger partial charge in [-0.05, 0) is 62.1 Å². The van der Waals surface area contributed by atoms with Gasteiger partial charge in [-0.3, -0.25) is 13.9 Å². The van der Waals surface area contributed by atoms with E-state index in [-0.39, 0.29) is 48.8 Å². The number of hydrogen-bond acceptors (Lipinski definition) is 5. The second-order valence-corrected chi connectivity index (χ2v) is 12.4. The smallest absolute Gasteiger partial charge is 0.243 e. The first-order valence-electron chi connectivity index (χ1n) is 12.7. The number of anilines is 1. The Hall–Kier alpha value is -2.20. The van der Waals surface area contributed by atoms with Crippen molar-refractivity contribution in [2.75, 3.05) is 24.2 Å². The number of carbonyl (C=O) groups is 2. The summed E-state index contributed by atoms with van der Waals surface area (Å²) in [6.07, 6.45) is 2.45. The Morgan fingerprint density at radius 3 is 2.26 bits per heavy atom. The summed E-state index contributed by atoms with van der Waals surface area (Å²) in [5, 5.41) is 4.07. The Kier molecular flexibility index (Phi) is 12.7. The van der Waals surface area contributed by atoms with Crippen LogP contribution in [0.1, 0.15) is 52.0 Å². The molecule has 0 aliphatic carbocycles. The number of hydrogen-bond donors (Lipinski definition) is 1. The van der Waals surface area contributed by atoms with E-state index in [2.05, 4.69) is 5.32 Å². The average Bonchev–Trinajstić information content (AvgIpc) is 2.86. The standard InChI is InChI=1S/C27H36Cl3N3O5S/c1-6-18(3)31-27(35)24(7-2)32(17-19-10-11-20(28)15-22(19)29)26(34)9-8-14-33(39(5,36)37)21-12-13-25(38-4)23(30)16-21/h10-13,15-16,18,24H,6-9,14,17H2,1-5H3,(H,31,35). The number of nitrogens with one attached hydrogen (secondary N) is 1. The molecule has 2 amide bonds. The van der Waals surface area contributed by atoms with Crippen LogP contribution in [-0.2, 0) is 26.2 Å². The van der Waals surface area contributed by atoms with Gasteiger partial charge in [0.25, 0.3) is 0 Å². The van der Waals surface area contributed by atoms with Crippen LogP contribution in [0.5, 0.6) is 5.75 Å². The van der Waals surface area contributed by atoms with E-state index in [1.54, 1.807) is 30.3 Å². The van der Waals surface area contributed by atoms with Crippen molar-refractivity contribution in [1.82, 2.24) is 10.2 Å². The van der Waals surface area contributed by atoms with Crippen molar-refractivity contribution in [1.29, 1.82) is 0 Å². The Balaban J connectivity index is 2.28. The molecule has 0 fully saturated rings. The Bertz CT molecular complexity index is 1260. The number of sulfonamides is 1. The summed E-state index contributed by atoms with van der Waals surface area (Å²) in [6.45, 7) is 5.84. The number of carbonyl (C=O) groups excluding carboxylic acids is 2. The van der Waals surface area contributed by atoms with Gasteiger partial charge in [-0.1, -0.05) is 54.7 Å². The van der Waals surface area contributed by atoms with Gasteiger partial charge in [-0.2, -0.15) is 0 Å². The minimum Gasteiger partial charge on any atom is -0.495 e. The summed E-state index contributed by atoms with van der Waals surface area (Å²) in [6, 6.07) is 8.88. The van der Waals surface area contributed by atoms with Gasteiger partial charge in [0.1, 0.15) is 11.8 Å². The monoisotopic (exact) mass is 619 g/mol. The molecule has 0 bridgehead atoms. The third-order valence-corrected chi connectivity index (χ3v) is 8.39. The highest BCUT2D eigenvalue weighted by molar-refractivity contribution is 7.92. The molecule has 0 saturated carbocycles. The highest BCUT2D eigenvalue weighted by Gasteiger charge is 2.30. The molecular formula is C27H36Cl3N3O5S. The molecule has 39 heavy (non-hydrogen) atoms. The first kappa shape index (κ1) is 33.0. The summed E-state index contributed by atoms with van der Waals surface area (Å²) >= 11 is 18.7. The van der Waals surface area contributed by atoms with Crippen molar-refractivity contribution in [3.63, 3.8) is 0 Å². The van der Waals surface area contributed by atoms with Gasteiger partial charge in [0, 0.05) is 35.6 Å². The van der Waals surface area contributed by atoms with Crippen molar-refractivity contribution in [2.45, 2.75) is 65.1 Å². The number of halogens is 3. The summed E-state index contributed by atoms with van der Waals surface area (Å²) in [5.41, 5.74) is 1.01. The van der Waals surface area contributed by atoms with Gasteiger partial charge in [0.15, 0.2) is 0 Å². The van der Waals surface area contributed by atoms with Gasteiger partial charge in [-0.25, -0.2) is 8.42 Å². The highest BCUT2D eigenvalue weighted by atomic mass is 35.5. The van der Waals surface area contributed by atoms with E-state index in [1.807, 2.05) is 20.8 Å². The van der Waals surface area contributed by atoms with E-state index in [0.717, 1.165) is 12.7 Å². The van der Waals surface area contributed by atoms with Crippen molar-refractivity contribution >= 4 is 62.3 Å². The molecule has 1 N–H and O–H groups in total. The molecule has 12 heteroatoms. The van der Waals surface area contributed by atoms with Crippen LogP contribution in [-0.4, -0.2) is 57.1 Å². The van der Waals surface area contributed by atoms with Crippen LogP contribution in [0.3, 0.4) is 0 Å². The lowest BCUT2D eigenvalue weighted by atomic mass is 10.1. The van der Waals surface area contributed by atoms with Gasteiger partial charge in [0.05, 0.1) is 24.1 Å². The molecule has 0 radical (unpaired) electrons. The zero-order chi connectivity index (χ0) is 29.3. The first-order valence-corrected chi connectivity index (χ1v) is 15.7. The number of rotatable bonds is 14. The fourth-order valence-electron chi connectivity index (χ4n) is 4.01. The molecule has 8 nitrogen and oxygen atoms in total. The van der Waals surface area contributed by atoms with Crippen LogP contribution in [0.2, 0.25) is 15.1 Å². The van der Waals surface area contributed by atoms with E-state index >= 15 is 0 Å². The molecular weight excluding hydrogens is 585 g/mol. The molecule has 216 valence electrons. The predicted octanol–water partition coefficient (Wildman–Crippen LogP) is 5.92. The first-order chi connectivity index (χ1) is 18.3. The molecule has 2 aromatic rings. The maximum absolute atomic E-state index is 13.6. The molecule has 0 heterocycles. The number of nitrogens with zero attached hydrogens (tertiary/aromatic N) is 2. The third kappa shape index (κ3) is 9.45. The molecule has 2 rings (SSSR count). The van der Waals surface area contributed by atoms with Crippen LogP contribution in [0.15, 0.2) is 36.4 Å². The van der Waals surface area contributed by atoms with Gasteiger partial charge in [-0.15, -0.1) is 0 Å². The van der Waals surface area contributed by atoms with E-state index in [1.165, 1.54) is 22.4 Å². The van der Waals surface area contributed by atoms with Crippen molar-refractivity contribution < 1.29 is 22.7 Å². The Morgan fingerprint density at radius 2 is 1.72 bits per heavy atom. The number of benzene rings is 2. The summed E-state index contributed by atoms with van der Waals surface area (Å²) < 4.78 is 31.5. The fourth-order valence-corrected chi connectivity index (χ4v) is 5.69. The zero-order valence-corrected chi connectivity index (χ0v) is 25.9. The lowest BCUT2D eigenvalue weighted by molar-refractivity contribution is -0.141. The molecule has 2 aromatic carbocycles. The molecule has 0 aliphatic rings. The normalized spacial score (nSPS) is 12.9. The summed E-state index contributed by atoms with van der Waals surface area (Å²) in [5.74, 6) is -0.133. The molecule has 2 unspecified atom stereocenters. The SMILES string of the molecule is CCC(C)NC(=O)C(CC)N(Cc1ccc(Cl)cc1Cl)C(=O)CCCN(c1ccc(OC)c(Cl)c1)S(C)(=O)=O. The fraction of sp³-hybridized carbons (Fsp3) is 0.481. The third-order valence-electron chi connectivity index (χ3n) is 6.32. The Morgan fingerprint density at radius 1 is 1.03 bits per heavy atom. The lowest BCUT2D eigenvalue weighted by Crippen LogP contribution is -2.50. The molecule has 0 saturated heterocycles. The maximum Gasteiger partial charge on any atom is 0.243 e. The van der Waals surface area contributed by atoms with E-state index in [4.69, 9.17) is 39.5 Å². The van der Waals surface area contributed by atoms with Crippen molar-refractivity contribution in [2.24, 2.45) is 0 Å². The molecule has 2 atom stereocenters. The minimum atomic E-state index is -3.67. The van der Waals surface area contributed by atoms with Gasteiger partial charge >= 0.3 is 0 Å². The number of ether oxygens (including phenoxy) is 1. The minimum absolute atomic E-state index is 0.00816. The predicted molar refractivity (Wildman–Crippen MR) is 158 cm³/mol. The number of methoxy groups -OCH3 is 1. The Labute approximate surface area is 246 Å². The van der Waals surface area contributed by atoms with E-state index < -0.39 is 16.1 Å². The van der Waals surface area contributed by atoms with Gasteiger partial charge in [0.2, 0.25) is 21.8 Å². The largest absolute Gasteiger partial charge is 0.495 e. The molecule has 0 aliphatic heterocycles. The van der Waals surface area contributed by atoms with Crippen LogP contribution in [0.25, 0.3) is 0 Å². The van der Waals surface area contributed by atoms with Crippen LogP contribution in [0.4, 0.5) is 5.69 Å². The van der Waals surface area contributed by atoms with Crippen molar-refractivity contribution in [3.8, 4) is 5.75 Å². The second-order valence-electron chi connectivity index (χ2n) is 9.26. The van der Waals surface area contributed by atoms with Gasteiger partial charge < -0.3 is 15.0 Å². The molecule has 0 spiro atoms. The van der Waals surface area contributed by atoms with E-state index in [9.17, 15) is 18.0 Å². The zero-order valence-electron chi connectivity index (χ0n) is 22.8. The summed E-state index contributed by atoms with van der Waals surface area (Å²) in [7, 11) is -2.20. The van der Waals surface area contributed by atoms with Crippen molar-refractivity contribution in [3.05, 3.63) is 57.0 Å². The molecule has 0 aromatic heterocycles. The topological polar surface area (TPSA) is 96.0 Å². The highest BCUT2D eigenvalue weighted by Crippen LogP contribution is 2.30. The second kappa shape index (κ2) is 15.0. The number of amides is 2. The average molecular weight is 621 g/mol. The van der Waals surface area contributed by atoms with Crippen LogP contribution >= 0.6 is 34.8 Å². The van der Waals surface area contributed by atoms with Crippen LogP contribution in [0, 0.1) is 0 Å². The van der Waals surface area contributed by atoms with E-state index in [0.29, 0.717) is 33.5 Å². The van der Waals surface area contributed by atoms with Crippen LogP contribution < -0.4 is 14.4 Å². The summed E-state index contributed by atoms with van der Waals surface area (Å²) in [4.78, 5) is 28.2. The quantitative estimate of drug-likeness (QED) is 0.283. The maximum atomic E-state index is 13.6. The lowest BCUT2D eigenvalue weighted by Gasteiger charge is -2.32.